The standard InChI is InChI=1S/C19H24N4O3/c1-11-6-5-7-12(8-11)23-16(24)15-14-9-13(22(15)18(23)26)10-21(14)17(25)20-19(2,3)4/h5-8,13-15H,9-10H2,1-4H3,(H,20,25)/t13?,14?,15-/m1/s1. The van der Waals surface area contributed by atoms with E-state index >= 15 is 0 Å². The molecule has 0 saturated carbocycles. The Bertz CT molecular complexity index is 800. The lowest BCUT2D eigenvalue weighted by atomic mass is 10.1. The van der Waals surface area contributed by atoms with E-state index in [9.17, 15) is 14.4 Å². The van der Waals surface area contributed by atoms with Crippen LogP contribution in [0.2, 0.25) is 0 Å². The van der Waals surface area contributed by atoms with Crippen LogP contribution in [-0.4, -0.2) is 58.0 Å². The van der Waals surface area contributed by atoms with Gasteiger partial charge in [-0.05, 0) is 51.8 Å². The van der Waals surface area contributed by atoms with E-state index in [1.807, 2.05) is 45.9 Å². The zero-order valence-corrected chi connectivity index (χ0v) is 15.5. The topological polar surface area (TPSA) is 73.0 Å². The molecular weight excluding hydrogens is 332 g/mol. The van der Waals surface area contributed by atoms with E-state index < -0.39 is 6.04 Å². The van der Waals surface area contributed by atoms with Crippen LogP contribution in [0.1, 0.15) is 32.8 Å². The van der Waals surface area contributed by atoms with Gasteiger partial charge in [0.1, 0.15) is 6.04 Å². The van der Waals surface area contributed by atoms with E-state index in [0.717, 1.165) is 5.56 Å². The van der Waals surface area contributed by atoms with Gasteiger partial charge in [-0.1, -0.05) is 12.1 Å². The summed E-state index contributed by atoms with van der Waals surface area (Å²) in [4.78, 5) is 43.3. The molecule has 0 aliphatic carbocycles. The van der Waals surface area contributed by atoms with Crippen molar-refractivity contribution in [3.8, 4) is 0 Å². The summed E-state index contributed by atoms with van der Waals surface area (Å²) in [5.74, 6) is -0.235. The number of likely N-dealkylation sites (tertiary alicyclic amines) is 1. The van der Waals surface area contributed by atoms with Crippen molar-refractivity contribution in [3.05, 3.63) is 29.8 Å². The molecule has 7 nitrogen and oxygen atoms in total. The number of nitrogens with zero attached hydrogens (tertiary/aromatic N) is 3. The maximum atomic E-state index is 13.1. The van der Waals surface area contributed by atoms with Gasteiger partial charge in [-0.25, -0.2) is 14.5 Å². The first-order valence-electron chi connectivity index (χ1n) is 8.99. The molecule has 3 aliphatic rings. The molecule has 3 heterocycles. The van der Waals surface area contributed by atoms with Crippen LogP contribution in [-0.2, 0) is 4.79 Å². The predicted molar refractivity (Wildman–Crippen MR) is 96.9 cm³/mol. The SMILES string of the molecule is Cc1cccc(N2C(=O)[C@H]3C4CC(CN4C(=O)NC(C)(C)C)N3C2=O)c1. The summed E-state index contributed by atoms with van der Waals surface area (Å²) in [6, 6.07) is 6.02. The molecular formula is C19H24N4O3. The summed E-state index contributed by atoms with van der Waals surface area (Å²) in [6.45, 7) is 8.18. The second-order valence-corrected chi connectivity index (χ2v) is 8.44. The van der Waals surface area contributed by atoms with Crippen LogP contribution in [0.5, 0.6) is 0 Å². The van der Waals surface area contributed by atoms with Gasteiger partial charge in [0, 0.05) is 12.1 Å². The van der Waals surface area contributed by atoms with E-state index in [1.165, 1.54) is 4.90 Å². The Morgan fingerprint density at radius 1 is 1.23 bits per heavy atom. The minimum absolute atomic E-state index is 0.0954. The van der Waals surface area contributed by atoms with E-state index in [1.54, 1.807) is 15.9 Å². The molecule has 1 aromatic rings. The molecule has 2 unspecified atom stereocenters. The highest BCUT2D eigenvalue weighted by Crippen LogP contribution is 2.42. The van der Waals surface area contributed by atoms with Crippen molar-refractivity contribution in [1.82, 2.24) is 15.1 Å². The predicted octanol–water partition coefficient (Wildman–Crippen LogP) is 2.10. The third-order valence-corrected chi connectivity index (χ3v) is 5.27. The van der Waals surface area contributed by atoms with Crippen molar-refractivity contribution >= 4 is 23.7 Å². The molecule has 1 aromatic carbocycles. The number of urea groups is 2. The molecule has 3 fully saturated rings. The highest BCUT2D eigenvalue weighted by atomic mass is 16.2. The Hall–Kier alpha value is -2.57. The van der Waals surface area contributed by atoms with Gasteiger partial charge >= 0.3 is 12.1 Å². The number of benzene rings is 1. The van der Waals surface area contributed by atoms with Crippen molar-refractivity contribution in [1.29, 1.82) is 0 Å². The lowest BCUT2D eigenvalue weighted by Crippen LogP contribution is -2.59. The molecule has 0 radical (unpaired) electrons. The van der Waals surface area contributed by atoms with E-state index in [-0.39, 0.29) is 35.6 Å². The van der Waals surface area contributed by atoms with Gasteiger partial charge in [0.25, 0.3) is 5.91 Å². The molecule has 0 spiro atoms. The van der Waals surface area contributed by atoms with Crippen molar-refractivity contribution < 1.29 is 14.4 Å². The zero-order chi connectivity index (χ0) is 18.8. The summed E-state index contributed by atoms with van der Waals surface area (Å²) in [7, 11) is 0. The van der Waals surface area contributed by atoms with Gasteiger partial charge < -0.3 is 15.1 Å². The molecule has 0 aromatic heterocycles. The van der Waals surface area contributed by atoms with Crippen LogP contribution in [0.4, 0.5) is 15.3 Å². The molecule has 3 saturated heterocycles. The second-order valence-electron chi connectivity index (χ2n) is 8.44. The van der Waals surface area contributed by atoms with Crippen LogP contribution in [0.3, 0.4) is 0 Å². The summed E-state index contributed by atoms with van der Waals surface area (Å²) >= 11 is 0. The first kappa shape index (κ1) is 16.9. The van der Waals surface area contributed by atoms with E-state index in [4.69, 9.17) is 0 Å². The monoisotopic (exact) mass is 356 g/mol. The van der Waals surface area contributed by atoms with Crippen molar-refractivity contribution in [2.45, 2.75) is 57.8 Å². The molecule has 5 amide bonds. The largest absolute Gasteiger partial charge is 0.333 e. The lowest BCUT2D eigenvalue weighted by Gasteiger charge is -2.36. The summed E-state index contributed by atoms with van der Waals surface area (Å²) in [5.41, 5.74) is 1.24. The number of carbonyl (C=O) groups is 3. The van der Waals surface area contributed by atoms with Crippen LogP contribution in [0.25, 0.3) is 0 Å². The van der Waals surface area contributed by atoms with Gasteiger partial charge in [0.05, 0.1) is 17.8 Å². The number of hydrogen-bond donors (Lipinski definition) is 1. The van der Waals surface area contributed by atoms with Gasteiger partial charge in [0.15, 0.2) is 0 Å². The Balaban J connectivity index is 1.60. The molecule has 3 aliphatic heterocycles. The van der Waals surface area contributed by atoms with Gasteiger partial charge in [0.2, 0.25) is 0 Å². The van der Waals surface area contributed by atoms with Crippen molar-refractivity contribution in [2.75, 3.05) is 11.4 Å². The quantitative estimate of drug-likeness (QED) is 0.783. The number of fused-ring (bicyclic) bond motifs is 5. The third kappa shape index (κ3) is 2.45. The first-order chi connectivity index (χ1) is 12.2. The number of amides is 5. The number of hydrogen-bond acceptors (Lipinski definition) is 3. The van der Waals surface area contributed by atoms with Crippen LogP contribution in [0.15, 0.2) is 24.3 Å². The van der Waals surface area contributed by atoms with Crippen LogP contribution >= 0.6 is 0 Å². The summed E-state index contributed by atoms with van der Waals surface area (Å²) < 4.78 is 0. The highest BCUT2D eigenvalue weighted by molar-refractivity contribution is 6.22. The number of aryl methyl sites for hydroxylation is 1. The maximum absolute atomic E-state index is 13.1. The maximum Gasteiger partial charge on any atom is 0.332 e. The fraction of sp³-hybridized carbons (Fsp3) is 0.526. The van der Waals surface area contributed by atoms with Gasteiger partial charge in [-0.15, -0.1) is 0 Å². The summed E-state index contributed by atoms with van der Waals surface area (Å²) in [6.07, 6.45) is 0.668. The second kappa shape index (κ2) is 5.46. The molecule has 2 bridgehead atoms. The Morgan fingerprint density at radius 3 is 2.62 bits per heavy atom. The molecule has 3 atom stereocenters. The molecule has 1 N–H and O–H groups in total. The molecule has 26 heavy (non-hydrogen) atoms. The zero-order valence-electron chi connectivity index (χ0n) is 15.5. The Labute approximate surface area is 152 Å². The van der Waals surface area contributed by atoms with Gasteiger partial charge in [-0.3, -0.25) is 4.79 Å². The molecule has 4 rings (SSSR count). The lowest BCUT2D eigenvalue weighted by molar-refractivity contribution is -0.121. The highest BCUT2D eigenvalue weighted by Gasteiger charge is 2.63. The molecule has 7 heteroatoms. The van der Waals surface area contributed by atoms with Crippen molar-refractivity contribution in [2.24, 2.45) is 0 Å². The van der Waals surface area contributed by atoms with Gasteiger partial charge in [-0.2, -0.15) is 0 Å². The minimum atomic E-state index is -0.576. The smallest absolute Gasteiger partial charge is 0.332 e. The number of carbonyl (C=O) groups excluding carboxylic acids is 3. The molecule has 138 valence electrons. The average Bonchev–Trinajstić information content (AvgIpc) is 3.17. The third-order valence-electron chi connectivity index (χ3n) is 5.27. The fourth-order valence-corrected chi connectivity index (χ4v) is 4.29. The minimum Gasteiger partial charge on any atom is -0.333 e. The van der Waals surface area contributed by atoms with Crippen LogP contribution < -0.4 is 10.2 Å². The average molecular weight is 356 g/mol. The number of imide groups is 1. The van der Waals surface area contributed by atoms with Crippen LogP contribution in [0, 0.1) is 6.92 Å². The summed E-state index contributed by atoms with van der Waals surface area (Å²) in [5, 5.41) is 2.96. The Kier molecular flexibility index (Phi) is 3.54. The Morgan fingerprint density at radius 2 is 1.96 bits per heavy atom. The van der Waals surface area contributed by atoms with E-state index in [2.05, 4.69) is 5.32 Å². The number of rotatable bonds is 1. The first-order valence-corrected chi connectivity index (χ1v) is 8.99. The normalized spacial score (nSPS) is 27.4. The number of anilines is 1. The van der Waals surface area contributed by atoms with Crippen molar-refractivity contribution in [3.63, 3.8) is 0 Å². The van der Waals surface area contributed by atoms with E-state index in [0.29, 0.717) is 18.7 Å². The fourth-order valence-electron chi connectivity index (χ4n) is 4.29. The number of piperazine rings is 1. The number of nitrogens with one attached hydrogen (secondary N) is 1.